The zero-order valence-electron chi connectivity index (χ0n) is 14.0. The summed E-state index contributed by atoms with van der Waals surface area (Å²) in [6.07, 6.45) is 4.19. The van der Waals surface area contributed by atoms with Gasteiger partial charge in [-0.25, -0.2) is 4.98 Å². The van der Waals surface area contributed by atoms with Crippen LogP contribution in [-0.4, -0.2) is 37.5 Å². The number of nitrogens with one attached hydrogen (secondary N) is 2. The number of nitrogens with zero attached hydrogens (tertiary/aromatic N) is 4. The second-order valence-corrected chi connectivity index (χ2v) is 5.43. The number of aromatic nitrogens is 5. The van der Waals surface area contributed by atoms with Gasteiger partial charge in [-0.15, -0.1) is 0 Å². The van der Waals surface area contributed by atoms with Gasteiger partial charge in [-0.1, -0.05) is 0 Å². The monoisotopic (exact) mass is 340 g/mol. The van der Waals surface area contributed by atoms with Crippen LogP contribution in [0.4, 0.5) is 5.82 Å². The molecule has 3 aromatic rings. The highest BCUT2D eigenvalue weighted by atomic mass is 16.5. The molecule has 25 heavy (non-hydrogen) atoms. The molecule has 8 nitrogen and oxygen atoms in total. The second kappa shape index (κ2) is 8.09. The molecule has 0 fully saturated rings. The molecular formula is C17H20N6O2. The fourth-order valence-corrected chi connectivity index (χ4v) is 2.39. The van der Waals surface area contributed by atoms with E-state index in [0.717, 1.165) is 17.0 Å². The van der Waals surface area contributed by atoms with E-state index >= 15 is 0 Å². The number of rotatable bonds is 8. The van der Waals surface area contributed by atoms with Crippen LogP contribution >= 0.6 is 0 Å². The Kier molecular flexibility index (Phi) is 5.40. The summed E-state index contributed by atoms with van der Waals surface area (Å²) in [6.45, 7) is 3.24. The molecule has 0 spiro atoms. The molecule has 0 saturated carbocycles. The van der Waals surface area contributed by atoms with Crippen LogP contribution in [0.5, 0.6) is 5.75 Å². The molecule has 130 valence electrons. The van der Waals surface area contributed by atoms with Crippen molar-refractivity contribution in [2.24, 2.45) is 0 Å². The number of hydrogen-bond acceptors (Lipinski definition) is 5. The highest BCUT2D eigenvalue weighted by Crippen LogP contribution is 2.22. The van der Waals surface area contributed by atoms with Gasteiger partial charge in [0.2, 0.25) is 5.91 Å². The molecule has 0 unspecified atom stereocenters. The summed E-state index contributed by atoms with van der Waals surface area (Å²) in [6, 6.07) is 9.51. The summed E-state index contributed by atoms with van der Waals surface area (Å²) in [7, 11) is 0. The van der Waals surface area contributed by atoms with E-state index in [4.69, 9.17) is 4.74 Å². The van der Waals surface area contributed by atoms with Crippen molar-refractivity contribution in [2.45, 2.75) is 26.3 Å². The minimum Gasteiger partial charge on any atom is -0.494 e. The zero-order chi connectivity index (χ0) is 17.5. The summed E-state index contributed by atoms with van der Waals surface area (Å²) in [4.78, 5) is 15.8. The van der Waals surface area contributed by atoms with E-state index in [1.54, 1.807) is 11.0 Å². The summed E-state index contributed by atoms with van der Waals surface area (Å²) >= 11 is 0. The molecule has 8 heteroatoms. The molecule has 3 rings (SSSR count). The Morgan fingerprint density at radius 2 is 2.16 bits per heavy atom. The van der Waals surface area contributed by atoms with E-state index in [2.05, 4.69) is 25.6 Å². The van der Waals surface area contributed by atoms with E-state index in [-0.39, 0.29) is 5.91 Å². The zero-order valence-corrected chi connectivity index (χ0v) is 14.0. The number of H-pyrrole nitrogens is 1. The summed E-state index contributed by atoms with van der Waals surface area (Å²) < 4.78 is 7.13. The highest BCUT2D eigenvalue weighted by Gasteiger charge is 2.08. The number of anilines is 1. The van der Waals surface area contributed by atoms with Crippen molar-refractivity contribution in [2.75, 3.05) is 11.9 Å². The Morgan fingerprint density at radius 1 is 1.32 bits per heavy atom. The van der Waals surface area contributed by atoms with Gasteiger partial charge in [0.25, 0.3) is 0 Å². The van der Waals surface area contributed by atoms with Crippen LogP contribution in [0.3, 0.4) is 0 Å². The van der Waals surface area contributed by atoms with Gasteiger partial charge in [0.1, 0.15) is 18.4 Å². The molecule has 2 aromatic heterocycles. The number of amides is 1. The lowest BCUT2D eigenvalue weighted by Gasteiger charge is -2.03. The molecule has 0 aliphatic heterocycles. The fourth-order valence-electron chi connectivity index (χ4n) is 2.39. The van der Waals surface area contributed by atoms with Gasteiger partial charge >= 0.3 is 0 Å². The standard InChI is InChI=1S/C17H20N6O2/c1-2-25-14-7-5-13(6-8-14)15-10-16(22-21-15)20-17(24)4-3-9-23-12-18-11-19-23/h5-8,10-12H,2-4,9H2,1H3,(H2,20,21,22,24). The van der Waals surface area contributed by atoms with Crippen molar-refractivity contribution < 1.29 is 9.53 Å². The third kappa shape index (κ3) is 4.66. The molecule has 1 amide bonds. The SMILES string of the molecule is CCOc1ccc(-c2cc(NC(=O)CCCn3cncn3)n[nH]2)cc1. The minimum absolute atomic E-state index is 0.0788. The minimum atomic E-state index is -0.0788. The van der Waals surface area contributed by atoms with E-state index in [0.29, 0.717) is 31.8 Å². The average molecular weight is 340 g/mol. The van der Waals surface area contributed by atoms with Crippen LogP contribution in [0, 0.1) is 0 Å². The van der Waals surface area contributed by atoms with Crippen molar-refractivity contribution in [3.05, 3.63) is 43.0 Å². The summed E-state index contributed by atoms with van der Waals surface area (Å²) in [5, 5.41) is 13.9. The molecule has 1 aromatic carbocycles. The van der Waals surface area contributed by atoms with Gasteiger partial charge in [0, 0.05) is 19.0 Å². The number of hydrogen-bond donors (Lipinski definition) is 2. The normalized spacial score (nSPS) is 10.6. The first-order chi connectivity index (χ1) is 12.2. The van der Waals surface area contributed by atoms with Crippen LogP contribution in [0.2, 0.25) is 0 Å². The summed E-state index contributed by atoms with van der Waals surface area (Å²) in [5.74, 6) is 1.26. The first-order valence-corrected chi connectivity index (χ1v) is 8.15. The Bertz CT molecular complexity index is 795. The van der Waals surface area contributed by atoms with E-state index < -0.39 is 0 Å². The van der Waals surface area contributed by atoms with Crippen molar-refractivity contribution >= 4 is 11.7 Å². The third-order valence-corrected chi connectivity index (χ3v) is 3.58. The first-order valence-electron chi connectivity index (χ1n) is 8.15. The maximum Gasteiger partial charge on any atom is 0.225 e. The first kappa shape index (κ1) is 16.7. The molecule has 2 heterocycles. The average Bonchev–Trinajstić information content (AvgIpc) is 3.28. The Morgan fingerprint density at radius 3 is 2.88 bits per heavy atom. The number of aryl methyl sites for hydroxylation is 1. The Labute approximate surface area is 145 Å². The van der Waals surface area contributed by atoms with Crippen LogP contribution in [0.1, 0.15) is 19.8 Å². The maximum absolute atomic E-state index is 12.0. The van der Waals surface area contributed by atoms with Crippen molar-refractivity contribution in [3.63, 3.8) is 0 Å². The predicted octanol–water partition coefficient (Wildman–Crippen LogP) is 2.49. The summed E-state index contributed by atoms with van der Waals surface area (Å²) in [5.41, 5.74) is 1.81. The number of ether oxygens (including phenoxy) is 1. The van der Waals surface area contributed by atoms with Gasteiger partial charge < -0.3 is 10.1 Å². The van der Waals surface area contributed by atoms with Crippen LogP contribution < -0.4 is 10.1 Å². The van der Waals surface area contributed by atoms with E-state index in [9.17, 15) is 4.79 Å². The van der Waals surface area contributed by atoms with E-state index in [1.807, 2.05) is 37.3 Å². The lowest BCUT2D eigenvalue weighted by molar-refractivity contribution is -0.116. The van der Waals surface area contributed by atoms with Gasteiger partial charge in [0.15, 0.2) is 5.82 Å². The third-order valence-electron chi connectivity index (χ3n) is 3.58. The van der Waals surface area contributed by atoms with Crippen LogP contribution in [0.25, 0.3) is 11.3 Å². The fraction of sp³-hybridized carbons (Fsp3) is 0.294. The highest BCUT2D eigenvalue weighted by molar-refractivity contribution is 5.90. The van der Waals surface area contributed by atoms with Crippen LogP contribution in [-0.2, 0) is 11.3 Å². The van der Waals surface area contributed by atoms with Gasteiger partial charge in [0.05, 0.1) is 12.3 Å². The molecule has 0 radical (unpaired) electrons. The predicted molar refractivity (Wildman–Crippen MR) is 93.1 cm³/mol. The van der Waals surface area contributed by atoms with Crippen molar-refractivity contribution in [1.82, 2.24) is 25.0 Å². The number of aromatic amines is 1. The number of carbonyl (C=O) groups excluding carboxylic acids is 1. The Hall–Kier alpha value is -3.16. The van der Waals surface area contributed by atoms with Gasteiger partial charge in [-0.3, -0.25) is 14.6 Å². The van der Waals surface area contributed by atoms with Crippen molar-refractivity contribution in [3.8, 4) is 17.0 Å². The molecule has 2 N–H and O–H groups in total. The molecule has 0 aliphatic carbocycles. The number of benzene rings is 1. The topological polar surface area (TPSA) is 97.7 Å². The lowest BCUT2D eigenvalue weighted by Crippen LogP contribution is -2.12. The van der Waals surface area contributed by atoms with Crippen molar-refractivity contribution in [1.29, 1.82) is 0 Å². The smallest absolute Gasteiger partial charge is 0.225 e. The molecule has 0 aliphatic rings. The lowest BCUT2D eigenvalue weighted by atomic mass is 10.1. The molecule has 0 atom stereocenters. The Balaban J connectivity index is 1.51. The van der Waals surface area contributed by atoms with E-state index in [1.165, 1.54) is 6.33 Å². The largest absolute Gasteiger partial charge is 0.494 e. The second-order valence-electron chi connectivity index (χ2n) is 5.43. The molecule has 0 bridgehead atoms. The number of carbonyl (C=O) groups is 1. The maximum atomic E-state index is 12.0. The molecular weight excluding hydrogens is 320 g/mol. The van der Waals surface area contributed by atoms with Gasteiger partial charge in [-0.05, 0) is 43.2 Å². The van der Waals surface area contributed by atoms with Gasteiger partial charge in [-0.2, -0.15) is 10.2 Å². The van der Waals surface area contributed by atoms with Crippen LogP contribution in [0.15, 0.2) is 43.0 Å². The molecule has 0 saturated heterocycles. The quantitative estimate of drug-likeness (QED) is 0.656.